The Bertz CT molecular complexity index is 402. The molecule has 4 heteroatoms. The van der Waals surface area contributed by atoms with Gasteiger partial charge in [-0.25, -0.2) is 0 Å². The Labute approximate surface area is 98.8 Å². The largest absolute Gasteiger partial charge is 0.387 e. The van der Waals surface area contributed by atoms with Crippen LogP contribution >= 0.6 is 11.3 Å². The van der Waals surface area contributed by atoms with Crippen LogP contribution in [0.1, 0.15) is 17.2 Å². The standard InChI is InChI=1S/C12H14N2OS/c15-12(11-3-6-16-9-11)8-14-7-10-1-4-13-5-2-10/h1-6,9,12,14-15H,7-8H2. The number of nitrogens with one attached hydrogen (secondary N) is 1. The topological polar surface area (TPSA) is 45.1 Å². The summed E-state index contributed by atoms with van der Waals surface area (Å²) >= 11 is 1.60. The van der Waals surface area contributed by atoms with Gasteiger partial charge in [0.2, 0.25) is 0 Å². The van der Waals surface area contributed by atoms with Crippen molar-refractivity contribution in [1.29, 1.82) is 0 Å². The average Bonchev–Trinajstić information content (AvgIpc) is 2.84. The highest BCUT2D eigenvalue weighted by molar-refractivity contribution is 7.07. The van der Waals surface area contributed by atoms with E-state index in [1.807, 2.05) is 29.0 Å². The monoisotopic (exact) mass is 234 g/mol. The van der Waals surface area contributed by atoms with Gasteiger partial charge in [-0.15, -0.1) is 0 Å². The van der Waals surface area contributed by atoms with Crippen molar-refractivity contribution in [3.63, 3.8) is 0 Å². The van der Waals surface area contributed by atoms with E-state index in [4.69, 9.17) is 0 Å². The highest BCUT2D eigenvalue weighted by atomic mass is 32.1. The number of rotatable bonds is 5. The number of pyridine rings is 1. The lowest BCUT2D eigenvalue weighted by molar-refractivity contribution is 0.175. The SMILES string of the molecule is OC(CNCc1ccncc1)c1ccsc1. The van der Waals surface area contributed by atoms with Gasteiger partial charge in [0.1, 0.15) is 0 Å². The number of hydrogen-bond donors (Lipinski definition) is 2. The summed E-state index contributed by atoms with van der Waals surface area (Å²) in [5.74, 6) is 0. The number of nitrogens with zero attached hydrogens (tertiary/aromatic N) is 1. The number of hydrogen-bond acceptors (Lipinski definition) is 4. The van der Waals surface area contributed by atoms with Crippen LogP contribution in [0.4, 0.5) is 0 Å². The van der Waals surface area contributed by atoms with E-state index in [1.165, 1.54) is 5.56 Å². The summed E-state index contributed by atoms with van der Waals surface area (Å²) in [6.07, 6.45) is 3.12. The maximum absolute atomic E-state index is 9.82. The Morgan fingerprint density at radius 1 is 1.31 bits per heavy atom. The lowest BCUT2D eigenvalue weighted by Crippen LogP contribution is -2.20. The molecule has 0 aliphatic heterocycles. The molecule has 0 aliphatic carbocycles. The highest BCUT2D eigenvalue weighted by Crippen LogP contribution is 2.15. The van der Waals surface area contributed by atoms with Crippen molar-refractivity contribution in [2.24, 2.45) is 0 Å². The van der Waals surface area contributed by atoms with Crippen LogP contribution in [0.2, 0.25) is 0 Å². The number of aliphatic hydroxyl groups excluding tert-OH is 1. The first-order valence-corrected chi connectivity index (χ1v) is 6.10. The molecule has 0 spiro atoms. The van der Waals surface area contributed by atoms with E-state index < -0.39 is 6.10 Å². The first kappa shape index (κ1) is 11.3. The van der Waals surface area contributed by atoms with Gasteiger partial charge in [-0.2, -0.15) is 11.3 Å². The summed E-state index contributed by atoms with van der Waals surface area (Å²) < 4.78 is 0. The van der Waals surface area contributed by atoms with Gasteiger partial charge in [-0.05, 0) is 40.1 Å². The van der Waals surface area contributed by atoms with Crippen LogP contribution in [-0.4, -0.2) is 16.6 Å². The summed E-state index contributed by atoms with van der Waals surface area (Å²) in [6.45, 7) is 1.32. The fraction of sp³-hybridized carbons (Fsp3) is 0.250. The number of aliphatic hydroxyl groups is 1. The van der Waals surface area contributed by atoms with Crippen LogP contribution in [0.15, 0.2) is 41.4 Å². The molecule has 0 saturated heterocycles. The van der Waals surface area contributed by atoms with E-state index in [2.05, 4.69) is 10.3 Å². The number of thiophene rings is 1. The molecule has 2 rings (SSSR count). The maximum atomic E-state index is 9.82. The molecule has 0 saturated carbocycles. The van der Waals surface area contributed by atoms with Gasteiger partial charge in [-0.1, -0.05) is 0 Å². The molecule has 0 bridgehead atoms. The van der Waals surface area contributed by atoms with Crippen molar-refractivity contribution in [2.75, 3.05) is 6.54 Å². The zero-order valence-electron chi connectivity index (χ0n) is 8.84. The summed E-state index contributed by atoms with van der Waals surface area (Å²) in [7, 11) is 0. The summed E-state index contributed by atoms with van der Waals surface area (Å²) in [6, 6.07) is 5.87. The fourth-order valence-corrected chi connectivity index (χ4v) is 2.14. The van der Waals surface area contributed by atoms with Gasteiger partial charge in [0.25, 0.3) is 0 Å². The quantitative estimate of drug-likeness (QED) is 0.831. The van der Waals surface area contributed by atoms with Crippen LogP contribution < -0.4 is 5.32 Å². The third-order valence-electron chi connectivity index (χ3n) is 2.34. The Hall–Kier alpha value is -1.23. The molecule has 0 aliphatic rings. The van der Waals surface area contributed by atoms with Crippen molar-refractivity contribution in [3.8, 4) is 0 Å². The van der Waals surface area contributed by atoms with Crippen molar-refractivity contribution in [2.45, 2.75) is 12.6 Å². The van der Waals surface area contributed by atoms with Gasteiger partial charge in [0.15, 0.2) is 0 Å². The first-order chi connectivity index (χ1) is 7.86. The minimum absolute atomic E-state index is 0.423. The molecule has 0 radical (unpaired) electrons. The third-order valence-corrected chi connectivity index (χ3v) is 3.05. The predicted octanol–water partition coefficient (Wildman–Crippen LogP) is 1.97. The van der Waals surface area contributed by atoms with Gasteiger partial charge >= 0.3 is 0 Å². The maximum Gasteiger partial charge on any atom is 0.0922 e. The first-order valence-electron chi connectivity index (χ1n) is 5.16. The second-order valence-corrected chi connectivity index (χ2v) is 4.34. The van der Waals surface area contributed by atoms with Crippen LogP contribution in [0.5, 0.6) is 0 Å². The smallest absolute Gasteiger partial charge is 0.0922 e. The summed E-state index contributed by atoms with van der Waals surface area (Å²) in [5.41, 5.74) is 2.15. The fourth-order valence-electron chi connectivity index (χ4n) is 1.44. The molecule has 2 aromatic rings. The molecule has 16 heavy (non-hydrogen) atoms. The molecule has 1 unspecified atom stereocenters. The summed E-state index contributed by atoms with van der Waals surface area (Å²) in [4.78, 5) is 3.95. The minimum Gasteiger partial charge on any atom is -0.387 e. The van der Waals surface area contributed by atoms with E-state index in [0.717, 1.165) is 12.1 Å². The van der Waals surface area contributed by atoms with E-state index in [9.17, 15) is 5.11 Å². The van der Waals surface area contributed by atoms with Gasteiger partial charge < -0.3 is 10.4 Å². The average molecular weight is 234 g/mol. The lowest BCUT2D eigenvalue weighted by Gasteiger charge is -2.10. The molecule has 0 amide bonds. The molecular weight excluding hydrogens is 220 g/mol. The number of aromatic nitrogens is 1. The van der Waals surface area contributed by atoms with E-state index in [1.54, 1.807) is 23.7 Å². The van der Waals surface area contributed by atoms with Crippen LogP contribution in [-0.2, 0) is 6.54 Å². The Kier molecular flexibility index (Phi) is 4.04. The summed E-state index contributed by atoms with van der Waals surface area (Å²) in [5, 5.41) is 17.0. The van der Waals surface area contributed by atoms with Crippen LogP contribution in [0.25, 0.3) is 0 Å². The molecule has 0 fully saturated rings. The predicted molar refractivity (Wildman–Crippen MR) is 65.2 cm³/mol. The van der Waals surface area contributed by atoms with Crippen LogP contribution in [0.3, 0.4) is 0 Å². The Morgan fingerprint density at radius 3 is 2.81 bits per heavy atom. The normalized spacial score (nSPS) is 12.6. The second-order valence-electron chi connectivity index (χ2n) is 3.56. The molecule has 2 heterocycles. The molecule has 2 aromatic heterocycles. The zero-order chi connectivity index (χ0) is 11.2. The van der Waals surface area contributed by atoms with Gasteiger partial charge in [-0.3, -0.25) is 4.98 Å². The minimum atomic E-state index is -0.423. The Morgan fingerprint density at radius 2 is 2.12 bits per heavy atom. The molecule has 84 valence electrons. The van der Waals surface area contributed by atoms with E-state index in [-0.39, 0.29) is 0 Å². The van der Waals surface area contributed by atoms with Crippen molar-refractivity contribution in [1.82, 2.24) is 10.3 Å². The van der Waals surface area contributed by atoms with Gasteiger partial charge in [0, 0.05) is 25.5 Å². The third kappa shape index (κ3) is 3.13. The van der Waals surface area contributed by atoms with Crippen LogP contribution in [0, 0.1) is 0 Å². The van der Waals surface area contributed by atoms with Crippen molar-refractivity contribution >= 4 is 11.3 Å². The Balaban J connectivity index is 1.76. The molecule has 2 N–H and O–H groups in total. The lowest BCUT2D eigenvalue weighted by atomic mass is 10.2. The van der Waals surface area contributed by atoms with Crippen molar-refractivity contribution in [3.05, 3.63) is 52.5 Å². The second kappa shape index (κ2) is 5.75. The zero-order valence-corrected chi connectivity index (χ0v) is 9.65. The molecule has 1 atom stereocenters. The molecular formula is C12H14N2OS. The highest BCUT2D eigenvalue weighted by Gasteiger charge is 2.06. The van der Waals surface area contributed by atoms with E-state index >= 15 is 0 Å². The molecule has 3 nitrogen and oxygen atoms in total. The van der Waals surface area contributed by atoms with Gasteiger partial charge in [0.05, 0.1) is 6.10 Å². The molecule has 0 aromatic carbocycles. The van der Waals surface area contributed by atoms with E-state index in [0.29, 0.717) is 6.54 Å². The van der Waals surface area contributed by atoms with Crippen molar-refractivity contribution < 1.29 is 5.11 Å².